The maximum Gasteiger partial charge on any atom is 0.133 e. The quantitative estimate of drug-likeness (QED) is 0.921. The average molecular weight is 288 g/mol. The van der Waals surface area contributed by atoms with Crippen molar-refractivity contribution in [1.82, 2.24) is 4.90 Å². The predicted octanol–water partition coefficient (Wildman–Crippen LogP) is 2.06. The third-order valence-corrected chi connectivity index (χ3v) is 3.81. The topological polar surface area (TPSA) is 38.5 Å². The smallest absolute Gasteiger partial charge is 0.133 e. The summed E-state index contributed by atoms with van der Waals surface area (Å²) in [6.45, 7) is 0.810. The van der Waals surface area contributed by atoms with E-state index in [0.29, 0.717) is 19.5 Å². The van der Waals surface area contributed by atoms with Crippen LogP contribution >= 0.6 is 0 Å². The Morgan fingerprint density at radius 3 is 2.55 bits per heavy atom. The first-order valence-electron chi connectivity index (χ1n) is 6.63. The standard InChI is InChI=1S/C14H19F3N2O/c1-20-9-6-11(16)14(12(17)7-9)10-8-19(5-3-15)4-2-13(10)18/h6-7,10,13H,2-5,8,18H2,1H3/t10-,13?/m1/s1. The highest BCUT2D eigenvalue weighted by molar-refractivity contribution is 5.34. The van der Waals surface area contributed by atoms with E-state index in [0.717, 1.165) is 12.1 Å². The fourth-order valence-electron chi connectivity index (χ4n) is 2.70. The van der Waals surface area contributed by atoms with Crippen LogP contribution in [0.25, 0.3) is 0 Å². The Balaban J connectivity index is 2.29. The molecule has 0 spiro atoms. The second-order valence-corrected chi connectivity index (χ2v) is 5.05. The van der Waals surface area contributed by atoms with Gasteiger partial charge in [0.15, 0.2) is 0 Å². The highest BCUT2D eigenvalue weighted by atomic mass is 19.1. The van der Waals surface area contributed by atoms with Gasteiger partial charge in [0.1, 0.15) is 24.1 Å². The number of ether oxygens (including phenoxy) is 1. The third kappa shape index (κ3) is 3.07. The number of methoxy groups -OCH3 is 1. The fourth-order valence-corrected chi connectivity index (χ4v) is 2.70. The van der Waals surface area contributed by atoms with Crippen LogP contribution in [0, 0.1) is 11.6 Å². The number of rotatable bonds is 4. The second-order valence-electron chi connectivity index (χ2n) is 5.05. The Morgan fingerprint density at radius 1 is 1.35 bits per heavy atom. The zero-order valence-electron chi connectivity index (χ0n) is 11.4. The number of hydrogen-bond donors (Lipinski definition) is 1. The first-order valence-corrected chi connectivity index (χ1v) is 6.63. The monoisotopic (exact) mass is 288 g/mol. The number of hydrogen-bond acceptors (Lipinski definition) is 3. The molecule has 0 aromatic heterocycles. The summed E-state index contributed by atoms with van der Waals surface area (Å²) in [5.41, 5.74) is 5.97. The Labute approximate surface area is 116 Å². The van der Waals surface area contributed by atoms with Crippen LogP contribution in [-0.2, 0) is 0 Å². The molecule has 1 aliphatic rings. The van der Waals surface area contributed by atoms with Gasteiger partial charge in [0.25, 0.3) is 0 Å². The maximum absolute atomic E-state index is 14.1. The van der Waals surface area contributed by atoms with Crippen molar-refractivity contribution < 1.29 is 17.9 Å². The molecule has 1 aromatic carbocycles. The van der Waals surface area contributed by atoms with Crippen LogP contribution in [0.1, 0.15) is 17.9 Å². The Bertz CT molecular complexity index is 447. The number of likely N-dealkylation sites (tertiary alicyclic amines) is 1. The SMILES string of the molecule is COc1cc(F)c([C@@H]2CN(CCF)CCC2N)c(F)c1. The van der Waals surface area contributed by atoms with Crippen molar-refractivity contribution in [1.29, 1.82) is 0 Å². The molecule has 2 N–H and O–H groups in total. The van der Waals surface area contributed by atoms with Crippen LogP contribution in [0.5, 0.6) is 5.75 Å². The van der Waals surface area contributed by atoms with Gasteiger partial charge in [-0.3, -0.25) is 0 Å². The molecule has 20 heavy (non-hydrogen) atoms. The Morgan fingerprint density at radius 2 is 2.00 bits per heavy atom. The van der Waals surface area contributed by atoms with Crippen LogP contribution in [0.4, 0.5) is 13.2 Å². The minimum absolute atomic E-state index is 0.0261. The molecule has 1 saturated heterocycles. The summed E-state index contributed by atoms with van der Waals surface area (Å²) in [7, 11) is 1.35. The summed E-state index contributed by atoms with van der Waals surface area (Å²) in [5.74, 6) is -1.66. The molecule has 3 nitrogen and oxygen atoms in total. The second kappa shape index (κ2) is 6.45. The average Bonchev–Trinajstić information content (AvgIpc) is 2.41. The molecule has 2 rings (SSSR count). The first-order chi connectivity index (χ1) is 9.56. The largest absolute Gasteiger partial charge is 0.497 e. The summed E-state index contributed by atoms with van der Waals surface area (Å²) in [6, 6.07) is 1.97. The Hall–Kier alpha value is -1.27. The van der Waals surface area contributed by atoms with E-state index in [1.807, 2.05) is 4.90 Å². The van der Waals surface area contributed by atoms with Gasteiger partial charge in [-0.25, -0.2) is 13.2 Å². The molecule has 0 radical (unpaired) electrons. The summed E-state index contributed by atoms with van der Waals surface area (Å²) in [5, 5.41) is 0. The molecular weight excluding hydrogens is 269 g/mol. The van der Waals surface area contributed by atoms with Gasteiger partial charge in [-0.2, -0.15) is 0 Å². The lowest BCUT2D eigenvalue weighted by atomic mass is 9.86. The van der Waals surface area contributed by atoms with Gasteiger partial charge in [-0.15, -0.1) is 0 Å². The van der Waals surface area contributed by atoms with E-state index in [9.17, 15) is 13.2 Å². The molecule has 1 heterocycles. The zero-order chi connectivity index (χ0) is 14.7. The molecule has 0 bridgehead atoms. The lowest BCUT2D eigenvalue weighted by Crippen LogP contribution is -2.46. The Kier molecular flexibility index (Phi) is 4.88. The number of piperidine rings is 1. The molecule has 0 saturated carbocycles. The fraction of sp³-hybridized carbons (Fsp3) is 0.571. The summed E-state index contributed by atoms with van der Waals surface area (Å²) in [6.07, 6.45) is 0.593. The van der Waals surface area contributed by atoms with Crippen LogP contribution in [0.3, 0.4) is 0 Å². The van der Waals surface area contributed by atoms with Crippen molar-refractivity contribution in [2.75, 3.05) is 33.4 Å². The van der Waals surface area contributed by atoms with E-state index in [2.05, 4.69) is 0 Å². The third-order valence-electron chi connectivity index (χ3n) is 3.81. The molecule has 112 valence electrons. The lowest BCUT2D eigenvalue weighted by molar-refractivity contribution is 0.174. The van der Waals surface area contributed by atoms with E-state index in [1.165, 1.54) is 7.11 Å². The molecule has 2 atom stereocenters. The lowest BCUT2D eigenvalue weighted by Gasteiger charge is -2.37. The highest BCUT2D eigenvalue weighted by Crippen LogP contribution is 2.32. The van der Waals surface area contributed by atoms with E-state index >= 15 is 0 Å². The summed E-state index contributed by atoms with van der Waals surface area (Å²) < 4.78 is 45.5. The first kappa shape index (κ1) is 15.1. The van der Waals surface area contributed by atoms with Crippen molar-refractivity contribution in [2.24, 2.45) is 5.73 Å². The number of benzene rings is 1. The molecule has 1 fully saturated rings. The van der Waals surface area contributed by atoms with Crippen LogP contribution < -0.4 is 10.5 Å². The molecule has 1 aromatic rings. The summed E-state index contributed by atoms with van der Waals surface area (Å²) >= 11 is 0. The zero-order valence-corrected chi connectivity index (χ0v) is 11.4. The van der Waals surface area contributed by atoms with Crippen molar-refractivity contribution in [3.05, 3.63) is 29.3 Å². The van der Waals surface area contributed by atoms with Crippen molar-refractivity contribution in [3.63, 3.8) is 0 Å². The number of nitrogens with zero attached hydrogens (tertiary/aromatic N) is 1. The molecule has 1 aliphatic heterocycles. The highest BCUT2D eigenvalue weighted by Gasteiger charge is 2.32. The van der Waals surface area contributed by atoms with Crippen molar-refractivity contribution in [3.8, 4) is 5.75 Å². The molecule has 1 unspecified atom stereocenters. The summed E-state index contributed by atoms with van der Waals surface area (Å²) in [4.78, 5) is 1.84. The van der Waals surface area contributed by atoms with E-state index in [1.54, 1.807) is 0 Å². The van der Waals surface area contributed by atoms with Gasteiger partial charge < -0.3 is 15.4 Å². The van der Waals surface area contributed by atoms with E-state index in [4.69, 9.17) is 10.5 Å². The predicted molar refractivity (Wildman–Crippen MR) is 70.7 cm³/mol. The molecule has 0 amide bonds. The van der Waals surface area contributed by atoms with Gasteiger partial charge in [0.05, 0.1) is 7.11 Å². The van der Waals surface area contributed by atoms with Crippen molar-refractivity contribution >= 4 is 0 Å². The van der Waals surface area contributed by atoms with E-state index in [-0.39, 0.29) is 23.9 Å². The molecular formula is C14H19F3N2O. The van der Waals surface area contributed by atoms with Crippen molar-refractivity contribution in [2.45, 2.75) is 18.4 Å². The van der Waals surface area contributed by atoms with Gasteiger partial charge in [-0.1, -0.05) is 0 Å². The van der Waals surface area contributed by atoms with Gasteiger partial charge in [0.2, 0.25) is 0 Å². The molecule has 0 aliphatic carbocycles. The van der Waals surface area contributed by atoms with Crippen LogP contribution in [-0.4, -0.2) is 44.4 Å². The van der Waals surface area contributed by atoms with Gasteiger partial charge in [0, 0.05) is 42.7 Å². The molecule has 6 heteroatoms. The minimum atomic E-state index is -0.663. The van der Waals surface area contributed by atoms with Crippen LogP contribution in [0.15, 0.2) is 12.1 Å². The van der Waals surface area contributed by atoms with Crippen LogP contribution in [0.2, 0.25) is 0 Å². The number of halogens is 3. The van der Waals surface area contributed by atoms with Gasteiger partial charge >= 0.3 is 0 Å². The number of alkyl halides is 1. The minimum Gasteiger partial charge on any atom is -0.497 e. The normalized spacial score (nSPS) is 23.9. The van der Waals surface area contributed by atoms with Gasteiger partial charge in [-0.05, 0) is 13.0 Å². The van der Waals surface area contributed by atoms with E-state index < -0.39 is 24.2 Å². The maximum atomic E-state index is 14.1. The number of nitrogens with two attached hydrogens (primary N) is 1.